The van der Waals surface area contributed by atoms with Crippen molar-refractivity contribution in [3.05, 3.63) is 59.8 Å². The lowest BCUT2D eigenvalue weighted by Crippen LogP contribution is -2.15. The molecule has 0 aliphatic rings. The first-order valence-electron chi connectivity index (χ1n) is 6.03. The van der Waals surface area contributed by atoms with Crippen LogP contribution in [0, 0.1) is 13.8 Å². The number of aryl methyl sites for hydroxylation is 2. The van der Waals surface area contributed by atoms with Gasteiger partial charge in [0, 0.05) is 6.54 Å². The highest BCUT2D eigenvalue weighted by Gasteiger charge is 2.05. The lowest BCUT2D eigenvalue weighted by Gasteiger charge is -2.06. The van der Waals surface area contributed by atoms with E-state index in [-0.39, 0.29) is 0 Å². The maximum absolute atomic E-state index is 5.50. The van der Waals surface area contributed by atoms with E-state index in [1.165, 1.54) is 0 Å². The number of nitrogens with zero attached hydrogens (tertiary/aromatic N) is 1. The van der Waals surface area contributed by atoms with Crippen LogP contribution in [0.5, 0.6) is 0 Å². The van der Waals surface area contributed by atoms with E-state index in [9.17, 15) is 0 Å². The highest BCUT2D eigenvalue weighted by molar-refractivity contribution is 5.64. The summed E-state index contributed by atoms with van der Waals surface area (Å²) in [5.74, 6) is 1.61. The van der Waals surface area contributed by atoms with Crippen LogP contribution in [-0.4, -0.2) is 11.5 Å². The van der Waals surface area contributed by atoms with Crippen molar-refractivity contribution >= 4 is 5.57 Å². The second-order valence-electron chi connectivity index (χ2n) is 4.32. The Kier molecular flexibility index (Phi) is 3.95. The molecular weight excluding hydrogens is 224 g/mol. The molecule has 1 aromatic heterocycles. The van der Waals surface area contributed by atoms with Crippen LogP contribution in [0.15, 0.2) is 41.3 Å². The van der Waals surface area contributed by atoms with Gasteiger partial charge in [-0.05, 0) is 25.0 Å². The van der Waals surface area contributed by atoms with Gasteiger partial charge in [0.25, 0.3) is 0 Å². The maximum atomic E-state index is 5.50. The summed E-state index contributed by atoms with van der Waals surface area (Å²) in [4.78, 5) is 4.32. The third kappa shape index (κ3) is 3.08. The van der Waals surface area contributed by atoms with Gasteiger partial charge in [-0.1, -0.05) is 36.9 Å². The predicted octanol–water partition coefficient (Wildman–Crippen LogP) is 3.09. The van der Waals surface area contributed by atoms with Gasteiger partial charge in [-0.3, -0.25) is 0 Å². The monoisotopic (exact) mass is 242 g/mol. The Balaban J connectivity index is 1.84. The van der Waals surface area contributed by atoms with Crippen molar-refractivity contribution in [1.82, 2.24) is 10.3 Å². The first-order valence-corrected chi connectivity index (χ1v) is 6.03. The van der Waals surface area contributed by atoms with E-state index < -0.39 is 0 Å². The summed E-state index contributed by atoms with van der Waals surface area (Å²) in [6, 6.07) is 10.2. The number of oxazole rings is 1. The zero-order chi connectivity index (χ0) is 13.0. The Hall–Kier alpha value is -1.87. The Bertz CT molecular complexity index is 509. The standard InChI is InChI=1S/C15H18N2O/c1-11(14-7-5-4-6-8-14)9-16-10-15-17-12(2)13(3)18-15/h4-8,16H,1,9-10H2,2-3H3. The lowest BCUT2D eigenvalue weighted by atomic mass is 10.1. The molecule has 3 heteroatoms. The molecule has 1 N–H and O–H groups in total. The van der Waals surface area contributed by atoms with Crippen molar-refractivity contribution in [3.8, 4) is 0 Å². The van der Waals surface area contributed by atoms with Gasteiger partial charge in [0.15, 0.2) is 0 Å². The molecule has 0 fully saturated rings. The third-order valence-electron chi connectivity index (χ3n) is 2.87. The number of benzene rings is 1. The second kappa shape index (κ2) is 5.65. The minimum absolute atomic E-state index is 0.626. The predicted molar refractivity (Wildman–Crippen MR) is 73.2 cm³/mol. The van der Waals surface area contributed by atoms with Crippen LogP contribution in [0.3, 0.4) is 0 Å². The molecule has 94 valence electrons. The smallest absolute Gasteiger partial charge is 0.208 e. The summed E-state index contributed by atoms with van der Waals surface area (Å²) in [6.45, 7) is 9.29. The van der Waals surface area contributed by atoms with Gasteiger partial charge in [-0.15, -0.1) is 0 Å². The van der Waals surface area contributed by atoms with Crippen molar-refractivity contribution in [3.63, 3.8) is 0 Å². The van der Waals surface area contributed by atoms with E-state index in [1.54, 1.807) is 0 Å². The molecule has 0 saturated heterocycles. The summed E-state index contributed by atoms with van der Waals surface area (Å²) in [5, 5.41) is 3.28. The third-order valence-corrected chi connectivity index (χ3v) is 2.87. The topological polar surface area (TPSA) is 38.1 Å². The molecule has 0 unspecified atom stereocenters. The number of hydrogen-bond donors (Lipinski definition) is 1. The van der Waals surface area contributed by atoms with Crippen LogP contribution in [0.4, 0.5) is 0 Å². The Labute approximate surface area is 108 Å². The molecular formula is C15H18N2O. The summed E-state index contributed by atoms with van der Waals surface area (Å²) in [7, 11) is 0. The van der Waals surface area contributed by atoms with Crippen molar-refractivity contribution in [2.75, 3.05) is 6.54 Å². The zero-order valence-corrected chi connectivity index (χ0v) is 10.9. The summed E-state index contributed by atoms with van der Waals surface area (Å²) in [6.07, 6.45) is 0. The van der Waals surface area contributed by atoms with Crippen LogP contribution in [0.25, 0.3) is 5.57 Å². The first kappa shape index (κ1) is 12.6. The molecule has 0 bridgehead atoms. The van der Waals surface area contributed by atoms with Gasteiger partial charge >= 0.3 is 0 Å². The van der Waals surface area contributed by atoms with Gasteiger partial charge in [-0.25, -0.2) is 4.98 Å². The molecule has 0 atom stereocenters. The molecule has 3 nitrogen and oxygen atoms in total. The molecule has 1 heterocycles. The minimum Gasteiger partial charge on any atom is -0.444 e. The lowest BCUT2D eigenvalue weighted by molar-refractivity contribution is 0.455. The Morgan fingerprint density at radius 2 is 2.00 bits per heavy atom. The molecule has 2 aromatic rings. The van der Waals surface area contributed by atoms with Gasteiger partial charge in [0.05, 0.1) is 12.2 Å². The normalized spacial score (nSPS) is 10.6. The molecule has 0 spiro atoms. The second-order valence-corrected chi connectivity index (χ2v) is 4.32. The molecule has 18 heavy (non-hydrogen) atoms. The fraction of sp³-hybridized carbons (Fsp3) is 0.267. The van der Waals surface area contributed by atoms with Crippen molar-refractivity contribution < 1.29 is 4.42 Å². The number of rotatable bonds is 5. The van der Waals surface area contributed by atoms with Gasteiger partial charge in [-0.2, -0.15) is 0 Å². The first-order chi connectivity index (χ1) is 8.66. The van der Waals surface area contributed by atoms with Gasteiger partial charge < -0.3 is 9.73 Å². The number of nitrogens with one attached hydrogen (secondary N) is 1. The van der Waals surface area contributed by atoms with E-state index in [2.05, 4.69) is 29.0 Å². The van der Waals surface area contributed by atoms with Crippen LogP contribution < -0.4 is 5.32 Å². The zero-order valence-electron chi connectivity index (χ0n) is 10.9. The van der Waals surface area contributed by atoms with Crippen LogP contribution in [0.1, 0.15) is 22.9 Å². The maximum Gasteiger partial charge on any atom is 0.208 e. The SMILES string of the molecule is C=C(CNCc1nc(C)c(C)o1)c1ccccc1. The molecule has 0 radical (unpaired) electrons. The van der Waals surface area contributed by atoms with E-state index >= 15 is 0 Å². The Morgan fingerprint density at radius 1 is 1.28 bits per heavy atom. The quantitative estimate of drug-likeness (QED) is 0.875. The largest absolute Gasteiger partial charge is 0.444 e. The van der Waals surface area contributed by atoms with Gasteiger partial charge in [0.2, 0.25) is 5.89 Å². The molecule has 0 aliphatic carbocycles. The molecule has 0 aliphatic heterocycles. The minimum atomic E-state index is 0.626. The van der Waals surface area contributed by atoms with Crippen molar-refractivity contribution in [1.29, 1.82) is 0 Å². The summed E-state index contributed by atoms with van der Waals surface area (Å²) in [5.41, 5.74) is 3.18. The number of aromatic nitrogens is 1. The number of hydrogen-bond acceptors (Lipinski definition) is 3. The van der Waals surface area contributed by atoms with Crippen molar-refractivity contribution in [2.45, 2.75) is 20.4 Å². The summed E-state index contributed by atoms with van der Waals surface area (Å²) >= 11 is 0. The Morgan fingerprint density at radius 3 is 2.61 bits per heavy atom. The highest BCUT2D eigenvalue weighted by Crippen LogP contribution is 2.11. The molecule has 0 saturated carbocycles. The molecule has 1 aromatic carbocycles. The van der Waals surface area contributed by atoms with Crippen LogP contribution in [-0.2, 0) is 6.54 Å². The van der Waals surface area contributed by atoms with Gasteiger partial charge in [0.1, 0.15) is 5.76 Å². The van der Waals surface area contributed by atoms with Crippen LogP contribution >= 0.6 is 0 Å². The fourth-order valence-electron chi connectivity index (χ4n) is 1.71. The summed E-state index contributed by atoms with van der Waals surface area (Å²) < 4.78 is 5.50. The van der Waals surface area contributed by atoms with E-state index in [4.69, 9.17) is 4.42 Å². The van der Waals surface area contributed by atoms with E-state index in [0.717, 1.165) is 35.0 Å². The van der Waals surface area contributed by atoms with Crippen LogP contribution in [0.2, 0.25) is 0 Å². The average molecular weight is 242 g/mol. The fourth-order valence-corrected chi connectivity index (χ4v) is 1.71. The van der Waals surface area contributed by atoms with Crippen molar-refractivity contribution in [2.24, 2.45) is 0 Å². The van der Waals surface area contributed by atoms with E-state index in [1.807, 2.05) is 32.0 Å². The van der Waals surface area contributed by atoms with E-state index in [0.29, 0.717) is 6.54 Å². The molecule has 2 rings (SSSR count). The molecule has 0 amide bonds. The highest BCUT2D eigenvalue weighted by atomic mass is 16.4. The average Bonchev–Trinajstić information content (AvgIpc) is 2.69.